The van der Waals surface area contributed by atoms with Gasteiger partial charge in [0.25, 0.3) is 0 Å². The van der Waals surface area contributed by atoms with Gasteiger partial charge in [-0.1, -0.05) is 20.8 Å². The van der Waals surface area contributed by atoms with Crippen molar-refractivity contribution >= 4 is 5.97 Å². The molecule has 0 spiro atoms. The topological polar surface area (TPSA) is 77.8 Å². The number of aliphatic hydroxyl groups excluding tert-OH is 2. The standard InChI is InChI=1S/C24H40O4/c1-14(4-7-21(27)28)17-5-6-18-22-19(9-11-24(17,18)3)23(2)10-8-16(25)12-15(23)13-20(22)26/h14-20,22,25-26H,4-13H2,1-3H3,(H,27,28)/t14-,15-,16+,17-,18+,19-,20+,22+,23+,24-/m1/s1. The van der Waals surface area contributed by atoms with Crippen molar-refractivity contribution in [3.63, 3.8) is 0 Å². The second kappa shape index (κ2) is 7.27. The maximum absolute atomic E-state index is 11.2. The minimum atomic E-state index is -0.684. The Kier molecular flexibility index (Phi) is 5.36. The van der Waals surface area contributed by atoms with Gasteiger partial charge in [-0.05, 0) is 104 Å². The third kappa shape index (κ3) is 3.14. The van der Waals surface area contributed by atoms with Crippen molar-refractivity contribution < 1.29 is 20.1 Å². The Morgan fingerprint density at radius 3 is 2.39 bits per heavy atom. The van der Waals surface area contributed by atoms with Crippen molar-refractivity contribution in [2.75, 3.05) is 0 Å². The van der Waals surface area contributed by atoms with Gasteiger partial charge < -0.3 is 15.3 Å². The molecule has 0 aromatic carbocycles. The number of aliphatic hydroxyl groups is 2. The fourth-order valence-corrected chi connectivity index (χ4v) is 8.73. The average molecular weight is 393 g/mol. The summed E-state index contributed by atoms with van der Waals surface area (Å²) in [5.74, 6) is 2.36. The normalized spacial score (nSPS) is 51.7. The van der Waals surface area contributed by atoms with Crippen LogP contribution in [0.25, 0.3) is 0 Å². The Morgan fingerprint density at radius 2 is 1.68 bits per heavy atom. The van der Waals surface area contributed by atoms with Gasteiger partial charge in [0, 0.05) is 6.42 Å². The van der Waals surface area contributed by atoms with Crippen LogP contribution in [0.4, 0.5) is 0 Å². The van der Waals surface area contributed by atoms with E-state index in [0.29, 0.717) is 35.5 Å². The number of fused-ring (bicyclic) bond motifs is 5. The van der Waals surface area contributed by atoms with Gasteiger partial charge in [0.2, 0.25) is 0 Å². The van der Waals surface area contributed by atoms with Gasteiger partial charge in [0.05, 0.1) is 12.2 Å². The van der Waals surface area contributed by atoms with Crippen molar-refractivity contribution in [2.24, 2.45) is 46.3 Å². The first kappa shape index (κ1) is 20.7. The summed E-state index contributed by atoms with van der Waals surface area (Å²) in [5.41, 5.74) is 0.523. The van der Waals surface area contributed by atoms with Crippen molar-refractivity contribution in [1.82, 2.24) is 0 Å². The summed E-state index contributed by atoms with van der Waals surface area (Å²) in [6.45, 7) is 7.16. The molecular formula is C24H40O4. The van der Waals surface area contributed by atoms with Crippen molar-refractivity contribution in [3.05, 3.63) is 0 Å². The van der Waals surface area contributed by atoms with Crippen molar-refractivity contribution in [3.8, 4) is 0 Å². The molecule has 4 aliphatic rings. The summed E-state index contributed by atoms with van der Waals surface area (Å²) < 4.78 is 0. The van der Waals surface area contributed by atoms with E-state index in [1.807, 2.05) is 0 Å². The molecule has 0 saturated heterocycles. The van der Waals surface area contributed by atoms with E-state index in [0.717, 1.165) is 32.1 Å². The van der Waals surface area contributed by atoms with E-state index in [9.17, 15) is 15.0 Å². The Bertz CT molecular complexity index is 605. The molecule has 4 fully saturated rings. The molecule has 4 nitrogen and oxygen atoms in total. The number of hydrogen-bond acceptors (Lipinski definition) is 3. The predicted octanol–water partition coefficient (Wildman–Crippen LogP) is 4.48. The van der Waals surface area contributed by atoms with Crippen LogP contribution in [-0.2, 0) is 4.79 Å². The molecular weight excluding hydrogens is 352 g/mol. The third-order valence-corrected chi connectivity index (χ3v) is 10.2. The first-order chi connectivity index (χ1) is 13.2. The molecule has 0 aromatic rings. The summed E-state index contributed by atoms with van der Waals surface area (Å²) in [6.07, 6.45) is 9.19. The number of carboxylic acids is 1. The van der Waals surface area contributed by atoms with E-state index in [1.54, 1.807) is 0 Å². The number of aliphatic carboxylic acids is 1. The smallest absolute Gasteiger partial charge is 0.303 e. The molecule has 0 amide bonds. The van der Waals surface area contributed by atoms with Gasteiger partial charge in [0.1, 0.15) is 0 Å². The fourth-order valence-electron chi connectivity index (χ4n) is 8.73. The van der Waals surface area contributed by atoms with Crippen LogP contribution in [0.1, 0.15) is 85.0 Å². The van der Waals surface area contributed by atoms with Gasteiger partial charge in [-0.2, -0.15) is 0 Å². The van der Waals surface area contributed by atoms with Crippen LogP contribution in [0.3, 0.4) is 0 Å². The van der Waals surface area contributed by atoms with Crippen LogP contribution < -0.4 is 0 Å². The quantitative estimate of drug-likeness (QED) is 0.659. The largest absolute Gasteiger partial charge is 0.481 e. The Morgan fingerprint density at radius 1 is 1.00 bits per heavy atom. The molecule has 0 bridgehead atoms. The maximum Gasteiger partial charge on any atom is 0.303 e. The molecule has 160 valence electrons. The van der Waals surface area contributed by atoms with Gasteiger partial charge in [0.15, 0.2) is 0 Å². The van der Waals surface area contributed by atoms with Crippen LogP contribution >= 0.6 is 0 Å². The summed E-state index contributed by atoms with van der Waals surface area (Å²) in [5, 5.41) is 30.5. The number of hydrogen-bond donors (Lipinski definition) is 3. The second-order valence-electron chi connectivity index (χ2n) is 11.4. The van der Waals surface area contributed by atoms with Crippen LogP contribution in [0.15, 0.2) is 0 Å². The molecule has 28 heavy (non-hydrogen) atoms. The van der Waals surface area contributed by atoms with Gasteiger partial charge in [-0.25, -0.2) is 0 Å². The Balaban J connectivity index is 1.55. The number of carbonyl (C=O) groups is 1. The molecule has 4 rings (SSSR count). The zero-order valence-corrected chi connectivity index (χ0v) is 17.9. The van der Waals surface area contributed by atoms with E-state index in [2.05, 4.69) is 20.8 Å². The molecule has 0 aliphatic heterocycles. The van der Waals surface area contributed by atoms with E-state index in [4.69, 9.17) is 5.11 Å². The molecule has 4 aliphatic carbocycles. The van der Waals surface area contributed by atoms with Crippen LogP contribution in [0, 0.1) is 46.3 Å². The Hall–Kier alpha value is -0.610. The SMILES string of the molecule is C[C@H](CCC(=O)O)[C@H]1CC[C@H]2[C@H]3[C@@H](CC[C@]12C)[C@@]1(C)CC[C@H](O)C[C@@H]1C[C@@H]3O. The summed E-state index contributed by atoms with van der Waals surface area (Å²) in [7, 11) is 0. The molecule has 4 heteroatoms. The lowest BCUT2D eigenvalue weighted by molar-refractivity contribution is -0.174. The minimum Gasteiger partial charge on any atom is -0.481 e. The first-order valence-corrected chi connectivity index (χ1v) is 11.7. The molecule has 3 N–H and O–H groups in total. The lowest BCUT2D eigenvalue weighted by Gasteiger charge is -2.62. The molecule has 0 unspecified atom stereocenters. The van der Waals surface area contributed by atoms with Gasteiger partial charge >= 0.3 is 5.97 Å². The van der Waals surface area contributed by atoms with E-state index < -0.39 is 5.97 Å². The van der Waals surface area contributed by atoms with Crippen LogP contribution in [0.2, 0.25) is 0 Å². The minimum absolute atomic E-state index is 0.179. The lowest BCUT2D eigenvalue weighted by Crippen LogP contribution is -2.58. The number of carboxylic acid groups (broad SMARTS) is 1. The summed E-state index contributed by atoms with van der Waals surface area (Å²) >= 11 is 0. The molecule has 0 radical (unpaired) electrons. The van der Waals surface area contributed by atoms with Gasteiger partial charge in [-0.3, -0.25) is 4.79 Å². The fraction of sp³-hybridized carbons (Fsp3) is 0.958. The zero-order valence-electron chi connectivity index (χ0n) is 17.9. The van der Waals surface area contributed by atoms with E-state index in [-0.39, 0.29) is 29.5 Å². The van der Waals surface area contributed by atoms with E-state index in [1.165, 1.54) is 25.7 Å². The lowest BCUT2D eigenvalue weighted by atomic mass is 9.43. The Labute approximate surface area is 170 Å². The highest BCUT2D eigenvalue weighted by Gasteiger charge is 2.62. The third-order valence-electron chi connectivity index (χ3n) is 10.2. The predicted molar refractivity (Wildman–Crippen MR) is 109 cm³/mol. The average Bonchev–Trinajstić information content (AvgIpc) is 2.98. The number of rotatable bonds is 4. The van der Waals surface area contributed by atoms with Crippen molar-refractivity contribution in [2.45, 2.75) is 97.2 Å². The van der Waals surface area contributed by atoms with Crippen molar-refractivity contribution in [1.29, 1.82) is 0 Å². The zero-order chi connectivity index (χ0) is 20.3. The van der Waals surface area contributed by atoms with Crippen LogP contribution in [0.5, 0.6) is 0 Å². The molecule has 4 saturated carbocycles. The highest BCUT2D eigenvalue weighted by molar-refractivity contribution is 5.66. The molecule has 0 aromatic heterocycles. The molecule has 0 heterocycles. The first-order valence-electron chi connectivity index (χ1n) is 11.7. The summed E-state index contributed by atoms with van der Waals surface area (Å²) in [4.78, 5) is 11.1. The molecule has 10 atom stereocenters. The highest BCUT2D eigenvalue weighted by atomic mass is 16.4. The monoisotopic (exact) mass is 392 g/mol. The van der Waals surface area contributed by atoms with E-state index >= 15 is 0 Å². The summed E-state index contributed by atoms with van der Waals surface area (Å²) in [6, 6.07) is 0. The van der Waals surface area contributed by atoms with Crippen LogP contribution in [-0.4, -0.2) is 33.5 Å². The highest BCUT2D eigenvalue weighted by Crippen LogP contribution is 2.68. The maximum atomic E-state index is 11.2. The van der Waals surface area contributed by atoms with Gasteiger partial charge in [-0.15, -0.1) is 0 Å². The second-order valence-corrected chi connectivity index (χ2v) is 11.4.